The van der Waals surface area contributed by atoms with Crippen LogP contribution in [-0.2, 0) is 15.9 Å². The second-order valence-corrected chi connectivity index (χ2v) is 6.92. The predicted molar refractivity (Wildman–Crippen MR) is 107 cm³/mol. The lowest BCUT2D eigenvalue weighted by Gasteiger charge is -2.33. The largest absolute Gasteiger partial charge is 0.497 e. The van der Waals surface area contributed by atoms with Crippen LogP contribution in [-0.4, -0.2) is 20.2 Å². The summed E-state index contributed by atoms with van der Waals surface area (Å²) in [6, 6.07) is 15.2. The Morgan fingerprint density at radius 1 is 1.21 bits per heavy atom. The number of allylic oxidation sites excluding steroid dienone is 2. The van der Waals surface area contributed by atoms with Gasteiger partial charge in [0.25, 0.3) is 0 Å². The minimum atomic E-state index is -0.428. The highest BCUT2D eigenvalue weighted by atomic mass is 16.5. The molecule has 0 bridgehead atoms. The summed E-state index contributed by atoms with van der Waals surface area (Å²) in [6.45, 7) is 0. The number of nitrogens with zero attached hydrogens (tertiary/aromatic N) is 1. The van der Waals surface area contributed by atoms with E-state index in [0.717, 1.165) is 40.9 Å². The van der Waals surface area contributed by atoms with Crippen molar-refractivity contribution in [1.82, 2.24) is 0 Å². The molecule has 4 rings (SSSR count). The van der Waals surface area contributed by atoms with Gasteiger partial charge in [-0.15, -0.1) is 0 Å². The fraction of sp³-hybridized carbons (Fsp3) is 0.217. The van der Waals surface area contributed by atoms with E-state index >= 15 is 0 Å². The molecule has 2 N–H and O–H groups in total. The zero-order valence-corrected chi connectivity index (χ0v) is 16.2. The highest BCUT2D eigenvalue weighted by Gasteiger charge is 2.36. The quantitative estimate of drug-likeness (QED) is 0.807. The molecule has 1 unspecified atom stereocenters. The number of fused-ring (bicyclic) bond motifs is 2. The molecular weight excluding hydrogens is 368 g/mol. The summed E-state index contributed by atoms with van der Waals surface area (Å²) in [4.78, 5) is 12.0. The standard InChI is InChI=1S/C23H20N2O4/c1-27-16-8-6-13-7-9-17-20(14-4-3-5-15(10-14)23(26)28-2)19(12-24)22(25)29-21(17)18(13)11-16/h3-6,8,10-11,20H,7,9,25H2,1-2H3. The highest BCUT2D eigenvalue weighted by molar-refractivity contribution is 5.89. The fourth-order valence-corrected chi connectivity index (χ4v) is 4.00. The van der Waals surface area contributed by atoms with Crippen LogP contribution >= 0.6 is 0 Å². The molecule has 6 nitrogen and oxygen atoms in total. The summed E-state index contributed by atoms with van der Waals surface area (Å²) in [5.41, 5.74) is 10.7. The number of esters is 1. The van der Waals surface area contributed by atoms with Gasteiger partial charge < -0.3 is 19.9 Å². The van der Waals surface area contributed by atoms with Crippen LogP contribution < -0.4 is 10.5 Å². The van der Waals surface area contributed by atoms with Gasteiger partial charge in [-0.1, -0.05) is 18.2 Å². The van der Waals surface area contributed by atoms with E-state index in [0.29, 0.717) is 16.9 Å². The third-order valence-electron chi connectivity index (χ3n) is 5.39. The Kier molecular flexibility index (Phi) is 4.73. The van der Waals surface area contributed by atoms with Gasteiger partial charge in [-0.25, -0.2) is 4.79 Å². The molecular formula is C23H20N2O4. The fourth-order valence-electron chi connectivity index (χ4n) is 4.00. The van der Waals surface area contributed by atoms with Crippen molar-refractivity contribution >= 4 is 11.7 Å². The Bertz CT molecular complexity index is 1110. The Labute approximate surface area is 168 Å². The zero-order chi connectivity index (χ0) is 20.5. The van der Waals surface area contributed by atoms with Gasteiger partial charge in [-0.05, 0) is 53.8 Å². The predicted octanol–water partition coefficient (Wildman–Crippen LogP) is 3.65. The molecule has 1 aliphatic carbocycles. The van der Waals surface area contributed by atoms with Gasteiger partial charge in [-0.2, -0.15) is 5.26 Å². The Morgan fingerprint density at radius 2 is 2.03 bits per heavy atom. The maximum absolute atomic E-state index is 12.0. The number of hydrogen-bond acceptors (Lipinski definition) is 6. The van der Waals surface area contributed by atoms with E-state index in [-0.39, 0.29) is 11.8 Å². The van der Waals surface area contributed by atoms with Crippen molar-refractivity contribution in [1.29, 1.82) is 5.26 Å². The average molecular weight is 388 g/mol. The van der Waals surface area contributed by atoms with Crippen LogP contribution in [0.4, 0.5) is 0 Å². The first-order chi connectivity index (χ1) is 14.1. The molecule has 0 saturated heterocycles. The number of ether oxygens (including phenoxy) is 3. The van der Waals surface area contributed by atoms with Crippen LogP contribution in [0.2, 0.25) is 0 Å². The summed E-state index contributed by atoms with van der Waals surface area (Å²) in [5.74, 6) is 0.652. The van der Waals surface area contributed by atoms with Crippen LogP contribution in [0.3, 0.4) is 0 Å². The highest BCUT2D eigenvalue weighted by Crippen LogP contribution is 2.47. The molecule has 0 radical (unpaired) electrons. The smallest absolute Gasteiger partial charge is 0.337 e. The number of nitrogens with two attached hydrogens (primary N) is 1. The lowest BCUT2D eigenvalue weighted by atomic mass is 9.76. The van der Waals surface area contributed by atoms with E-state index in [1.54, 1.807) is 25.3 Å². The molecule has 1 atom stereocenters. The van der Waals surface area contributed by atoms with Crippen molar-refractivity contribution in [3.05, 3.63) is 81.7 Å². The van der Waals surface area contributed by atoms with Gasteiger partial charge in [0.15, 0.2) is 0 Å². The van der Waals surface area contributed by atoms with Crippen molar-refractivity contribution in [2.75, 3.05) is 14.2 Å². The minimum absolute atomic E-state index is 0.0791. The van der Waals surface area contributed by atoms with Crippen LogP contribution in [0.25, 0.3) is 5.76 Å². The van der Waals surface area contributed by atoms with Crippen molar-refractivity contribution < 1.29 is 19.0 Å². The summed E-state index contributed by atoms with van der Waals surface area (Å²) in [7, 11) is 2.96. The van der Waals surface area contributed by atoms with E-state index in [1.807, 2.05) is 24.3 Å². The van der Waals surface area contributed by atoms with Gasteiger partial charge >= 0.3 is 5.97 Å². The third kappa shape index (κ3) is 3.11. The van der Waals surface area contributed by atoms with E-state index in [1.165, 1.54) is 7.11 Å². The summed E-state index contributed by atoms with van der Waals surface area (Å²) >= 11 is 0. The second-order valence-electron chi connectivity index (χ2n) is 6.92. The molecule has 1 heterocycles. The second kappa shape index (κ2) is 7.36. The molecule has 0 aromatic heterocycles. The summed E-state index contributed by atoms with van der Waals surface area (Å²) in [5, 5.41) is 9.78. The van der Waals surface area contributed by atoms with Crippen LogP contribution in [0.1, 0.15) is 39.4 Å². The Balaban J connectivity index is 1.89. The van der Waals surface area contributed by atoms with E-state index in [9.17, 15) is 10.1 Å². The van der Waals surface area contributed by atoms with Crippen molar-refractivity contribution in [2.45, 2.75) is 18.8 Å². The van der Waals surface area contributed by atoms with Gasteiger partial charge in [0.05, 0.1) is 19.8 Å². The summed E-state index contributed by atoms with van der Waals surface area (Å²) in [6.07, 6.45) is 1.54. The molecule has 0 amide bonds. The first kappa shape index (κ1) is 18.6. The number of methoxy groups -OCH3 is 2. The zero-order valence-electron chi connectivity index (χ0n) is 16.2. The Hall–Kier alpha value is -3.72. The summed E-state index contributed by atoms with van der Waals surface area (Å²) < 4.78 is 16.1. The van der Waals surface area contributed by atoms with E-state index < -0.39 is 5.97 Å². The molecule has 2 aliphatic rings. The van der Waals surface area contributed by atoms with E-state index in [4.69, 9.17) is 19.9 Å². The molecule has 29 heavy (non-hydrogen) atoms. The molecule has 146 valence electrons. The maximum Gasteiger partial charge on any atom is 0.337 e. The van der Waals surface area contributed by atoms with Crippen molar-refractivity contribution in [3.8, 4) is 11.8 Å². The first-order valence-corrected chi connectivity index (χ1v) is 9.23. The number of nitriles is 1. The number of carbonyl (C=O) groups excluding carboxylic acids is 1. The lowest BCUT2D eigenvalue weighted by molar-refractivity contribution is 0.0600. The van der Waals surface area contributed by atoms with Crippen LogP contribution in [0, 0.1) is 11.3 Å². The van der Waals surface area contributed by atoms with Crippen LogP contribution in [0.5, 0.6) is 5.75 Å². The minimum Gasteiger partial charge on any atom is -0.497 e. The van der Waals surface area contributed by atoms with Gasteiger partial charge in [0.1, 0.15) is 23.2 Å². The molecule has 2 aromatic carbocycles. The normalized spacial score (nSPS) is 17.6. The average Bonchev–Trinajstić information content (AvgIpc) is 2.77. The number of hydrogen-bond donors (Lipinski definition) is 1. The molecule has 6 heteroatoms. The molecule has 0 fully saturated rings. The van der Waals surface area contributed by atoms with E-state index in [2.05, 4.69) is 6.07 Å². The Morgan fingerprint density at radius 3 is 2.76 bits per heavy atom. The van der Waals surface area contributed by atoms with Crippen molar-refractivity contribution in [2.24, 2.45) is 5.73 Å². The number of rotatable bonds is 3. The van der Waals surface area contributed by atoms with Crippen LogP contribution in [0.15, 0.2) is 59.5 Å². The lowest BCUT2D eigenvalue weighted by Crippen LogP contribution is -2.23. The topological polar surface area (TPSA) is 94.6 Å². The molecule has 0 spiro atoms. The van der Waals surface area contributed by atoms with Gasteiger partial charge in [0, 0.05) is 11.5 Å². The van der Waals surface area contributed by atoms with Gasteiger partial charge in [-0.3, -0.25) is 0 Å². The molecule has 0 saturated carbocycles. The third-order valence-corrected chi connectivity index (χ3v) is 5.39. The number of benzene rings is 2. The SMILES string of the molecule is COC(=O)c1cccc(C2C(C#N)=C(N)OC3=C2CCc2ccc(OC)cc23)c1. The van der Waals surface area contributed by atoms with Crippen molar-refractivity contribution in [3.63, 3.8) is 0 Å². The monoisotopic (exact) mass is 388 g/mol. The first-order valence-electron chi connectivity index (χ1n) is 9.23. The maximum atomic E-state index is 12.0. The number of aryl methyl sites for hydroxylation is 1. The number of carbonyl (C=O) groups is 1. The van der Waals surface area contributed by atoms with Gasteiger partial charge in [0.2, 0.25) is 5.88 Å². The molecule has 1 aliphatic heterocycles. The molecule has 2 aromatic rings.